The Labute approximate surface area is 116 Å². The Morgan fingerprint density at radius 3 is 2.84 bits per heavy atom. The molecule has 0 aromatic carbocycles. The first-order valence-corrected chi connectivity index (χ1v) is 7.33. The topological polar surface area (TPSA) is 70.5 Å². The molecule has 1 amide bonds. The van der Waals surface area contributed by atoms with Crippen molar-refractivity contribution in [3.63, 3.8) is 0 Å². The van der Waals surface area contributed by atoms with E-state index < -0.39 is 12.0 Å². The maximum absolute atomic E-state index is 12.1. The molecule has 6 heteroatoms. The summed E-state index contributed by atoms with van der Waals surface area (Å²) >= 11 is 1.58. The van der Waals surface area contributed by atoms with E-state index in [2.05, 4.69) is 4.98 Å². The minimum Gasteiger partial charge on any atom is -0.480 e. The molecule has 1 aliphatic heterocycles. The normalized spacial score (nSPS) is 19.2. The molecule has 1 atom stereocenters. The maximum Gasteiger partial charge on any atom is 0.327 e. The van der Waals surface area contributed by atoms with Crippen molar-refractivity contribution in [1.82, 2.24) is 9.88 Å². The van der Waals surface area contributed by atoms with Crippen molar-refractivity contribution in [3.8, 4) is 0 Å². The molecule has 1 aliphatic rings. The zero-order valence-corrected chi connectivity index (χ0v) is 11.3. The minimum absolute atomic E-state index is 0.0792. The number of amides is 1. The summed E-state index contributed by atoms with van der Waals surface area (Å²) < 4.78 is 0. The molecule has 0 spiro atoms. The van der Waals surface area contributed by atoms with E-state index in [1.165, 1.54) is 4.90 Å². The van der Waals surface area contributed by atoms with Crippen LogP contribution in [0.25, 0.3) is 0 Å². The second-order valence-corrected chi connectivity index (χ2v) is 5.52. The molecule has 19 heavy (non-hydrogen) atoms. The number of rotatable bonds is 4. The number of thioether (sulfide) groups is 1. The van der Waals surface area contributed by atoms with Crippen LogP contribution in [0.4, 0.5) is 0 Å². The number of nitrogens with zero attached hydrogens (tertiary/aromatic N) is 2. The zero-order valence-electron chi connectivity index (χ0n) is 10.5. The molecule has 1 unspecified atom stereocenters. The van der Waals surface area contributed by atoms with Gasteiger partial charge in [-0.15, -0.1) is 0 Å². The monoisotopic (exact) mass is 280 g/mol. The average molecular weight is 280 g/mol. The van der Waals surface area contributed by atoms with E-state index in [1.807, 2.05) is 12.1 Å². The molecule has 5 nitrogen and oxygen atoms in total. The summed E-state index contributed by atoms with van der Waals surface area (Å²) in [4.78, 5) is 28.7. The highest BCUT2D eigenvalue weighted by Gasteiger charge is 2.31. The van der Waals surface area contributed by atoms with E-state index in [0.29, 0.717) is 25.1 Å². The van der Waals surface area contributed by atoms with Gasteiger partial charge in [0.1, 0.15) is 6.04 Å². The van der Waals surface area contributed by atoms with Crippen molar-refractivity contribution in [2.75, 3.05) is 18.1 Å². The molecule has 2 heterocycles. The summed E-state index contributed by atoms with van der Waals surface area (Å²) in [5.41, 5.74) is 1.04. The minimum atomic E-state index is -0.913. The molecule has 102 valence electrons. The van der Waals surface area contributed by atoms with Crippen LogP contribution in [0.2, 0.25) is 0 Å². The first-order valence-electron chi connectivity index (χ1n) is 6.17. The number of hydrogen-bond acceptors (Lipinski definition) is 4. The summed E-state index contributed by atoms with van der Waals surface area (Å²) in [6, 6.07) is 3.06. The van der Waals surface area contributed by atoms with Crippen LogP contribution >= 0.6 is 11.8 Å². The lowest BCUT2D eigenvalue weighted by molar-refractivity contribution is -0.149. The van der Waals surface area contributed by atoms with Crippen LogP contribution in [0.5, 0.6) is 0 Å². The largest absolute Gasteiger partial charge is 0.480 e. The number of carboxylic acids is 1. The predicted octanol–water partition coefficient (Wildman–Crippen LogP) is 1.04. The fourth-order valence-corrected chi connectivity index (χ4v) is 3.09. The van der Waals surface area contributed by atoms with Gasteiger partial charge in [0, 0.05) is 36.9 Å². The van der Waals surface area contributed by atoms with Crippen molar-refractivity contribution >= 4 is 23.6 Å². The van der Waals surface area contributed by atoms with Gasteiger partial charge in [-0.25, -0.2) is 4.79 Å². The van der Waals surface area contributed by atoms with Crippen molar-refractivity contribution in [3.05, 3.63) is 30.1 Å². The number of pyridine rings is 1. The van der Waals surface area contributed by atoms with Gasteiger partial charge in [-0.2, -0.15) is 11.8 Å². The summed E-state index contributed by atoms with van der Waals surface area (Å²) in [5.74, 6) is 0.301. The van der Waals surface area contributed by atoms with Crippen molar-refractivity contribution in [2.45, 2.75) is 18.9 Å². The van der Waals surface area contributed by atoms with Crippen LogP contribution in [-0.4, -0.2) is 51.0 Å². The van der Waals surface area contributed by atoms with Crippen molar-refractivity contribution < 1.29 is 14.7 Å². The highest BCUT2D eigenvalue weighted by molar-refractivity contribution is 7.99. The fraction of sp³-hybridized carbons (Fsp3) is 0.462. The second-order valence-electron chi connectivity index (χ2n) is 4.37. The van der Waals surface area contributed by atoms with Crippen LogP contribution < -0.4 is 0 Å². The Hall–Kier alpha value is -1.56. The quantitative estimate of drug-likeness (QED) is 0.892. The summed E-state index contributed by atoms with van der Waals surface area (Å²) in [6.07, 6.45) is 4.35. The lowest BCUT2D eigenvalue weighted by atomic mass is 10.1. The third-order valence-electron chi connectivity index (χ3n) is 3.11. The maximum atomic E-state index is 12.1. The van der Waals surface area contributed by atoms with Crippen LogP contribution in [0.15, 0.2) is 24.5 Å². The summed E-state index contributed by atoms with van der Waals surface area (Å²) in [6.45, 7) is 0.525. The van der Waals surface area contributed by atoms with E-state index in [0.717, 1.165) is 11.3 Å². The Balaban J connectivity index is 1.93. The molecule has 0 radical (unpaired) electrons. The third-order valence-corrected chi connectivity index (χ3v) is 4.13. The van der Waals surface area contributed by atoms with Crippen LogP contribution in [0.1, 0.15) is 12.0 Å². The van der Waals surface area contributed by atoms with Gasteiger partial charge < -0.3 is 10.0 Å². The van der Waals surface area contributed by atoms with Crippen LogP contribution in [0.3, 0.4) is 0 Å². The number of aliphatic carboxylic acids is 1. The van der Waals surface area contributed by atoms with Gasteiger partial charge in [0.05, 0.1) is 0 Å². The molecule has 1 saturated heterocycles. The van der Waals surface area contributed by atoms with Gasteiger partial charge in [0.25, 0.3) is 0 Å². The molecule has 1 aromatic heterocycles. The van der Waals surface area contributed by atoms with Gasteiger partial charge in [-0.05, 0) is 24.1 Å². The Morgan fingerprint density at radius 2 is 2.16 bits per heavy atom. The smallest absolute Gasteiger partial charge is 0.327 e. The zero-order chi connectivity index (χ0) is 13.7. The molecule has 1 fully saturated rings. The molecule has 1 N–H and O–H groups in total. The lowest BCUT2D eigenvalue weighted by Crippen LogP contribution is -2.50. The highest BCUT2D eigenvalue weighted by Crippen LogP contribution is 2.18. The summed E-state index contributed by atoms with van der Waals surface area (Å²) in [7, 11) is 0. The Morgan fingerprint density at radius 1 is 1.42 bits per heavy atom. The number of carbonyl (C=O) groups is 2. The van der Waals surface area contributed by atoms with E-state index in [9.17, 15) is 9.59 Å². The van der Waals surface area contributed by atoms with E-state index in [1.54, 1.807) is 24.2 Å². The number of hydrogen-bond donors (Lipinski definition) is 1. The van der Waals surface area contributed by atoms with E-state index >= 15 is 0 Å². The predicted molar refractivity (Wildman–Crippen MR) is 73.0 cm³/mol. The first kappa shape index (κ1) is 13.9. The van der Waals surface area contributed by atoms with Gasteiger partial charge >= 0.3 is 5.97 Å². The Kier molecular flexibility index (Phi) is 4.79. The van der Waals surface area contributed by atoms with Crippen LogP contribution in [0, 0.1) is 0 Å². The molecule has 2 rings (SSSR count). The SMILES string of the molecule is O=C(O)C1CSCCN1C(=O)CCc1ccncc1. The Bertz CT molecular complexity index is 452. The molecular formula is C13H16N2O3S. The number of carbonyl (C=O) groups excluding carboxylic acids is 1. The molecule has 0 aliphatic carbocycles. The first-order chi connectivity index (χ1) is 9.18. The van der Waals surface area contributed by atoms with Gasteiger partial charge in [-0.1, -0.05) is 0 Å². The van der Waals surface area contributed by atoms with Gasteiger partial charge in [0.15, 0.2) is 0 Å². The second kappa shape index (κ2) is 6.56. The van der Waals surface area contributed by atoms with Gasteiger partial charge in [0.2, 0.25) is 5.91 Å². The fourth-order valence-electron chi connectivity index (χ4n) is 2.05. The number of aryl methyl sites for hydroxylation is 1. The molecular weight excluding hydrogens is 264 g/mol. The van der Waals surface area contributed by atoms with E-state index in [-0.39, 0.29) is 5.91 Å². The molecule has 0 bridgehead atoms. The molecule has 0 saturated carbocycles. The van der Waals surface area contributed by atoms with Crippen LogP contribution in [-0.2, 0) is 16.0 Å². The standard InChI is InChI=1S/C13H16N2O3S/c16-12(2-1-10-3-5-14-6-4-10)15-7-8-19-9-11(15)13(17)18/h3-6,11H,1-2,7-9H2,(H,17,18). The van der Waals surface area contributed by atoms with Crippen molar-refractivity contribution in [1.29, 1.82) is 0 Å². The van der Waals surface area contributed by atoms with Crippen molar-refractivity contribution in [2.24, 2.45) is 0 Å². The molecule has 1 aromatic rings. The number of carboxylic acid groups (broad SMARTS) is 1. The van der Waals surface area contributed by atoms with Gasteiger partial charge in [-0.3, -0.25) is 9.78 Å². The average Bonchev–Trinajstić information content (AvgIpc) is 2.46. The highest BCUT2D eigenvalue weighted by atomic mass is 32.2. The third kappa shape index (κ3) is 3.70. The lowest BCUT2D eigenvalue weighted by Gasteiger charge is -2.32. The summed E-state index contributed by atoms with van der Waals surface area (Å²) in [5, 5.41) is 9.13. The van der Waals surface area contributed by atoms with E-state index in [4.69, 9.17) is 5.11 Å². The number of aromatic nitrogens is 1.